The quantitative estimate of drug-likeness (QED) is 0.0939. The van der Waals surface area contributed by atoms with Crippen LogP contribution in [0.1, 0.15) is 118 Å². The van der Waals surface area contributed by atoms with Gasteiger partial charge in [0.15, 0.2) is 8.32 Å². The molecule has 0 rings (SSSR count). The summed E-state index contributed by atoms with van der Waals surface area (Å²) >= 11 is 3.50. The number of hydrogen-bond acceptors (Lipinski definition) is 1. The van der Waals surface area contributed by atoms with E-state index in [-0.39, 0.29) is 11.1 Å². The van der Waals surface area contributed by atoms with Crippen LogP contribution in [0.4, 0.5) is 0 Å². The van der Waals surface area contributed by atoms with Gasteiger partial charge in [-0.25, -0.2) is 0 Å². The fourth-order valence-electron chi connectivity index (χ4n) is 2.99. The maximum Gasteiger partial charge on any atom is 0.193 e. The van der Waals surface area contributed by atoms with Crippen molar-refractivity contribution < 1.29 is 4.43 Å². The molecule has 3 heteroatoms. The van der Waals surface area contributed by atoms with Crippen molar-refractivity contribution in [2.75, 3.05) is 5.33 Å². The zero-order chi connectivity index (χ0) is 21.3. The van der Waals surface area contributed by atoms with Gasteiger partial charge in [0.1, 0.15) is 6.10 Å². The molecule has 1 nitrogen and oxygen atoms in total. The Kier molecular flexibility index (Phi) is 17.1. The van der Waals surface area contributed by atoms with E-state index in [2.05, 4.69) is 68.6 Å². The van der Waals surface area contributed by atoms with E-state index >= 15 is 0 Å². The summed E-state index contributed by atoms with van der Waals surface area (Å²) in [5.74, 6) is 6.92. The monoisotopic (exact) mass is 472 g/mol. The molecule has 28 heavy (non-hydrogen) atoms. The van der Waals surface area contributed by atoms with Crippen LogP contribution < -0.4 is 0 Å². The van der Waals surface area contributed by atoms with Gasteiger partial charge in [0.05, 0.1) is 0 Å². The van der Waals surface area contributed by atoms with Gasteiger partial charge in [-0.05, 0) is 37.4 Å². The van der Waals surface area contributed by atoms with Crippen LogP contribution in [-0.2, 0) is 4.43 Å². The Morgan fingerprint density at radius 1 is 0.821 bits per heavy atom. The van der Waals surface area contributed by atoms with Gasteiger partial charge in [0.25, 0.3) is 0 Å². The first kappa shape index (κ1) is 28.2. The number of halogens is 1. The van der Waals surface area contributed by atoms with Crippen LogP contribution in [0.3, 0.4) is 0 Å². The molecule has 0 aromatic carbocycles. The summed E-state index contributed by atoms with van der Waals surface area (Å²) in [5, 5.41) is 1.42. The lowest BCUT2D eigenvalue weighted by molar-refractivity contribution is 0.220. The van der Waals surface area contributed by atoms with Gasteiger partial charge in [0.2, 0.25) is 0 Å². The summed E-state index contributed by atoms with van der Waals surface area (Å²) in [6.45, 7) is 13.9. The Morgan fingerprint density at radius 3 is 1.79 bits per heavy atom. The van der Waals surface area contributed by atoms with E-state index in [4.69, 9.17) is 4.43 Å². The molecule has 0 fully saturated rings. The Bertz CT molecular complexity index is 416. The smallest absolute Gasteiger partial charge is 0.193 e. The Balaban J connectivity index is 3.97. The molecule has 0 aliphatic carbocycles. The SMILES string of the molecule is CCCC[C@H](C#CCCCCCCCCCCCCBr)O[Si](C)(C)C(C)(C)C. The van der Waals surface area contributed by atoms with E-state index in [9.17, 15) is 0 Å². The van der Waals surface area contributed by atoms with Crippen molar-refractivity contribution in [2.45, 2.75) is 142 Å². The maximum atomic E-state index is 6.57. The van der Waals surface area contributed by atoms with Crippen LogP contribution in [0.15, 0.2) is 0 Å². The Hall–Kier alpha value is 0.217. The lowest BCUT2D eigenvalue weighted by atomic mass is 10.1. The van der Waals surface area contributed by atoms with Crippen molar-refractivity contribution in [1.29, 1.82) is 0 Å². The van der Waals surface area contributed by atoms with Crippen LogP contribution in [0.25, 0.3) is 0 Å². The summed E-state index contributed by atoms with van der Waals surface area (Å²) in [6, 6.07) is 0. The Labute approximate surface area is 187 Å². The molecule has 0 aliphatic heterocycles. The predicted molar refractivity (Wildman–Crippen MR) is 134 cm³/mol. The van der Waals surface area contributed by atoms with Crippen molar-refractivity contribution in [3.05, 3.63) is 0 Å². The molecule has 1 atom stereocenters. The minimum absolute atomic E-state index is 0.144. The van der Waals surface area contributed by atoms with Gasteiger partial charge in [-0.3, -0.25) is 0 Å². The first-order valence-corrected chi connectivity index (χ1v) is 16.0. The number of unbranched alkanes of at least 4 members (excludes halogenated alkanes) is 11. The largest absolute Gasteiger partial charge is 0.403 e. The minimum Gasteiger partial charge on any atom is -0.403 e. The van der Waals surface area contributed by atoms with Gasteiger partial charge >= 0.3 is 0 Å². The van der Waals surface area contributed by atoms with E-state index in [0.717, 1.165) is 18.2 Å². The molecule has 0 N–H and O–H groups in total. The lowest BCUT2D eigenvalue weighted by Gasteiger charge is -2.38. The molecule has 0 aliphatic rings. The summed E-state index contributed by atoms with van der Waals surface area (Å²) in [4.78, 5) is 0. The van der Waals surface area contributed by atoms with Gasteiger partial charge in [-0.15, -0.1) is 5.92 Å². The topological polar surface area (TPSA) is 9.23 Å². The molecule has 166 valence electrons. The molecular weight excluding hydrogens is 424 g/mol. The molecule has 0 aromatic rings. The molecule has 0 unspecified atom stereocenters. The molecule has 0 aromatic heterocycles. The average Bonchev–Trinajstić information content (AvgIpc) is 2.62. The van der Waals surface area contributed by atoms with E-state index in [1.807, 2.05) is 0 Å². The van der Waals surface area contributed by atoms with E-state index in [0.29, 0.717) is 0 Å². The van der Waals surface area contributed by atoms with Crippen molar-refractivity contribution in [3.63, 3.8) is 0 Å². The molecule has 0 amide bonds. The normalized spacial score (nSPS) is 13.2. The third-order valence-electron chi connectivity index (χ3n) is 6.01. The van der Waals surface area contributed by atoms with E-state index in [1.165, 1.54) is 77.0 Å². The second-order valence-corrected chi connectivity index (χ2v) is 15.4. The Morgan fingerprint density at radius 2 is 1.32 bits per heavy atom. The number of rotatable bonds is 16. The first-order chi connectivity index (χ1) is 13.2. The summed E-state index contributed by atoms with van der Waals surface area (Å²) in [5.41, 5.74) is 0. The highest BCUT2D eigenvalue weighted by Crippen LogP contribution is 2.37. The standard InChI is InChI=1S/C25H49BrOSi/c1-7-8-21-24(27-28(5,6)25(2,3)4)22-19-17-15-13-11-9-10-12-14-16-18-20-23-26/h24H,7-18,20-21,23H2,1-6H3/t24-/m1/s1. The minimum atomic E-state index is -1.73. The van der Waals surface area contributed by atoms with Crippen LogP contribution in [0, 0.1) is 11.8 Å². The molecule has 0 spiro atoms. The number of alkyl halides is 1. The summed E-state index contributed by atoms with van der Waals surface area (Å²) in [6.07, 6.45) is 18.5. The predicted octanol–water partition coefficient (Wildman–Crippen LogP) is 9.26. The van der Waals surface area contributed by atoms with Crippen LogP contribution in [0.5, 0.6) is 0 Å². The van der Waals surface area contributed by atoms with E-state index < -0.39 is 8.32 Å². The lowest BCUT2D eigenvalue weighted by Crippen LogP contribution is -2.43. The third kappa shape index (κ3) is 15.1. The van der Waals surface area contributed by atoms with Crippen LogP contribution in [0.2, 0.25) is 18.1 Å². The van der Waals surface area contributed by atoms with Crippen molar-refractivity contribution in [2.24, 2.45) is 0 Å². The van der Waals surface area contributed by atoms with Crippen molar-refractivity contribution >= 4 is 24.2 Å². The van der Waals surface area contributed by atoms with Crippen molar-refractivity contribution in [1.82, 2.24) is 0 Å². The summed E-state index contributed by atoms with van der Waals surface area (Å²) in [7, 11) is -1.73. The molecule has 0 bridgehead atoms. The highest BCUT2D eigenvalue weighted by atomic mass is 79.9. The third-order valence-corrected chi connectivity index (χ3v) is 11.1. The van der Waals surface area contributed by atoms with Crippen LogP contribution in [-0.4, -0.2) is 19.8 Å². The second-order valence-electron chi connectivity index (χ2n) is 9.80. The highest BCUT2D eigenvalue weighted by Gasteiger charge is 2.38. The molecular formula is C25H49BrOSi. The number of hydrogen-bond donors (Lipinski definition) is 0. The van der Waals surface area contributed by atoms with Crippen LogP contribution >= 0.6 is 15.9 Å². The second kappa shape index (κ2) is 17.0. The first-order valence-electron chi connectivity index (χ1n) is 12.0. The van der Waals surface area contributed by atoms with Crippen molar-refractivity contribution in [3.8, 4) is 11.8 Å². The highest BCUT2D eigenvalue weighted by molar-refractivity contribution is 9.09. The maximum absolute atomic E-state index is 6.57. The zero-order valence-corrected chi connectivity index (χ0v) is 22.6. The molecule has 0 saturated carbocycles. The fraction of sp³-hybridized carbons (Fsp3) is 0.920. The average molecular weight is 474 g/mol. The molecule has 0 heterocycles. The van der Waals surface area contributed by atoms with Gasteiger partial charge in [0, 0.05) is 11.8 Å². The summed E-state index contributed by atoms with van der Waals surface area (Å²) < 4.78 is 6.57. The fourth-order valence-corrected chi connectivity index (χ4v) is 4.63. The van der Waals surface area contributed by atoms with Gasteiger partial charge < -0.3 is 4.43 Å². The van der Waals surface area contributed by atoms with E-state index in [1.54, 1.807) is 0 Å². The van der Waals surface area contributed by atoms with Gasteiger partial charge in [-0.2, -0.15) is 0 Å². The zero-order valence-electron chi connectivity index (χ0n) is 20.0. The molecule has 0 radical (unpaired) electrons. The van der Waals surface area contributed by atoms with Gasteiger partial charge in [-0.1, -0.05) is 114 Å². The molecule has 0 saturated heterocycles.